The third-order valence-corrected chi connectivity index (χ3v) is 2.66. The summed E-state index contributed by atoms with van der Waals surface area (Å²) in [4.78, 5) is 15.3. The van der Waals surface area contributed by atoms with Gasteiger partial charge in [0.1, 0.15) is 12.4 Å². The molecule has 0 bridgehead atoms. The zero-order chi connectivity index (χ0) is 15.1. The molecule has 110 valence electrons. The number of carbonyl (C=O) groups is 1. The highest BCUT2D eigenvalue weighted by atomic mass is 16.5. The second-order valence-electron chi connectivity index (χ2n) is 4.24. The van der Waals surface area contributed by atoms with Gasteiger partial charge in [0.2, 0.25) is 0 Å². The van der Waals surface area contributed by atoms with Crippen LogP contribution in [0.4, 0.5) is 16.2 Å². The van der Waals surface area contributed by atoms with E-state index < -0.39 is 6.09 Å². The van der Waals surface area contributed by atoms with Gasteiger partial charge in [-0.15, -0.1) is 0 Å². The Labute approximate surface area is 122 Å². The van der Waals surface area contributed by atoms with E-state index in [1.807, 2.05) is 12.1 Å². The lowest BCUT2D eigenvalue weighted by molar-refractivity contribution is 0.168. The third-order valence-electron chi connectivity index (χ3n) is 2.66. The topological polar surface area (TPSA) is 86.5 Å². The largest absolute Gasteiger partial charge is 0.489 e. The van der Waals surface area contributed by atoms with Crippen molar-refractivity contribution in [1.82, 2.24) is 4.98 Å². The predicted molar refractivity (Wildman–Crippen MR) is 80.1 cm³/mol. The number of nitrogens with zero attached hydrogens (tertiary/aromatic N) is 1. The van der Waals surface area contributed by atoms with Crippen LogP contribution in [-0.4, -0.2) is 17.7 Å². The second-order valence-corrected chi connectivity index (χ2v) is 4.24. The molecule has 0 aliphatic heterocycles. The van der Waals surface area contributed by atoms with Crippen molar-refractivity contribution >= 4 is 17.5 Å². The second kappa shape index (κ2) is 7.14. The van der Waals surface area contributed by atoms with Crippen molar-refractivity contribution in [3.8, 4) is 5.75 Å². The molecular formula is C15H17N3O3. The summed E-state index contributed by atoms with van der Waals surface area (Å²) in [5.74, 6) is 0.616. The van der Waals surface area contributed by atoms with Gasteiger partial charge in [-0.1, -0.05) is 6.07 Å². The number of carbonyl (C=O) groups excluding carboxylic acids is 1. The minimum absolute atomic E-state index is 0.304. The molecule has 6 heteroatoms. The Morgan fingerprint density at radius 3 is 2.90 bits per heavy atom. The summed E-state index contributed by atoms with van der Waals surface area (Å²) in [7, 11) is 0. The molecule has 0 fully saturated rings. The highest BCUT2D eigenvalue weighted by Crippen LogP contribution is 2.25. The Hall–Kier alpha value is -2.76. The lowest BCUT2D eigenvalue weighted by Crippen LogP contribution is -2.14. The monoisotopic (exact) mass is 287 g/mol. The van der Waals surface area contributed by atoms with Crippen LogP contribution in [0.2, 0.25) is 0 Å². The maximum atomic E-state index is 11.3. The number of ether oxygens (including phenoxy) is 2. The van der Waals surface area contributed by atoms with Crippen molar-refractivity contribution < 1.29 is 14.3 Å². The summed E-state index contributed by atoms with van der Waals surface area (Å²) >= 11 is 0. The van der Waals surface area contributed by atoms with Crippen LogP contribution in [0, 0.1) is 0 Å². The predicted octanol–water partition coefficient (Wildman–Crippen LogP) is 2.81. The fourth-order valence-electron chi connectivity index (χ4n) is 1.67. The van der Waals surface area contributed by atoms with E-state index in [-0.39, 0.29) is 0 Å². The molecule has 6 nitrogen and oxygen atoms in total. The van der Waals surface area contributed by atoms with E-state index in [9.17, 15) is 4.79 Å². The Morgan fingerprint density at radius 2 is 2.24 bits per heavy atom. The summed E-state index contributed by atoms with van der Waals surface area (Å²) in [6.45, 7) is 2.44. The smallest absolute Gasteiger partial charge is 0.411 e. The zero-order valence-corrected chi connectivity index (χ0v) is 11.7. The summed E-state index contributed by atoms with van der Waals surface area (Å²) in [5.41, 5.74) is 7.73. The first-order valence-electron chi connectivity index (χ1n) is 6.54. The van der Waals surface area contributed by atoms with Gasteiger partial charge in [0.25, 0.3) is 0 Å². The van der Waals surface area contributed by atoms with Gasteiger partial charge in [0, 0.05) is 24.0 Å². The van der Waals surface area contributed by atoms with Crippen molar-refractivity contribution in [2.75, 3.05) is 17.7 Å². The fraction of sp³-hybridized carbons (Fsp3) is 0.200. The van der Waals surface area contributed by atoms with Gasteiger partial charge in [0.15, 0.2) is 0 Å². The van der Waals surface area contributed by atoms with Crippen LogP contribution in [0.25, 0.3) is 0 Å². The molecule has 0 atom stereocenters. The molecule has 0 radical (unpaired) electrons. The van der Waals surface area contributed by atoms with E-state index >= 15 is 0 Å². The highest BCUT2D eigenvalue weighted by molar-refractivity contribution is 5.89. The number of aromatic nitrogens is 1. The number of anilines is 2. The molecule has 2 aromatic rings. The number of pyridine rings is 1. The number of amides is 1. The van der Waals surface area contributed by atoms with Gasteiger partial charge in [-0.25, -0.2) is 4.79 Å². The maximum absolute atomic E-state index is 11.3. The van der Waals surface area contributed by atoms with Gasteiger partial charge in [0.05, 0.1) is 18.0 Å². The molecule has 0 saturated carbocycles. The van der Waals surface area contributed by atoms with Crippen LogP contribution < -0.4 is 15.8 Å². The number of nitrogens with two attached hydrogens (primary N) is 1. The number of rotatable bonds is 5. The van der Waals surface area contributed by atoms with Crippen molar-refractivity contribution in [1.29, 1.82) is 0 Å². The molecule has 0 aliphatic carbocycles. The molecular weight excluding hydrogens is 270 g/mol. The van der Waals surface area contributed by atoms with Gasteiger partial charge < -0.3 is 15.2 Å². The van der Waals surface area contributed by atoms with Crippen molar-refractivity contribution in [2.45, 2.75) is 13.5 Å². The van der Waals surface area contributed by atoms with Crippen molar-refractivity contribution in [3.05, 3.63) is 48.3 Å². The van der Waals surface area contributed by atoms with Crippen molar-refractivity contribution in [3.63, 3.8) is 0 Å². The van der Waals surface area contributed by atoms with Crippen molar-refractivity contribution in [2.24, 2.45) is 0 Å². The van der Waals surface area contributed by atoms with Crippen LogP contribution in [-0.2, 0) is 11.3 Å². The van der Waals surface area contributed by atoms with Gasteiger partial charge >= 0.3 is 6.09 Å². The first-order valence-corrected chi connectivity index (χ1v) is 6.54. The quantitative estimate of drug-likeness (QED) is 0.826. The van der Waals surface area contributed by atoms with E-state index in [2.05, 4.69) is 10.3 Å². The molecule has 0 spiro atoms. The Bertz CT molecular complexity index is 602. The molecule has 1 heterocycles. The maximum Gasteiger partial charge on any atom is 0.411 e. The van der Waals surface area contributed by atoms with E-state index in [0.29, 0.717) is 30.3 Å². The lowest BCUT2D eigenvalue weighted by Gasteiger charge is -2.11. The average Bonchev–Trinajstić information content (AvgIpc) is 2.49. The van der Waals surface area contributed by atoms with Gasteiger partial charge in [-0.05, 0) is 25.1 Å². The SMILES string of the molecule is CCOC(=O)Nc1ccc(OCc2cccnc2)cc1N. The highest BCUT2D eigenvalue weighted by Gasteiger charge is 2.06. The molecule has 2 rings (SSSR count). The first kappa shape index (κ1) is 14.6. The van der Waals surface area contributed by atoms with E-state index in [1.165, 1.54) is 0 Å². The molecule has 3 N–H and O–H groups in total. The Balaban J connectivity index is 1.97. The minimum Gasteiger partial charge on any atom is -0.489 e. The fourth-order valence-corrected chi connectivity index (χ4v) is 1.67. The Kier molecular flexibility index (Phi) is 4.98. The summed E-state index contributed by atoms with van der Waals surface area (Å²) in [5, 5.41) is 2.56. The lowest BCUT2D eigenvalue weighted by atomic mass is 10.2. The summed E-state index contributed by atoms with van der Waals surface area (Å²) in [6, 6.07) is 8.82. The number of benzene rings is 1. The average molecular weight is 287 g/mol. The van der Waals surface area contributed by atoms with E-state index in [1.54, 1.807) is 37.5 Å². The normalized spacial score (nSPS) is 9.95. The molecule has 1 aromatic heterocycles. The summed E-state index contributed by atoms with van der Waals surface area (Å²) in [6.07, 6.45) is 2.91. The van der Waals surface area contributed by atoms with Gasteiger partial charge in [-0.3, -0.25) is 10.3 Å². The molecule has 1 amide bonds. The summed E-state index contributed by atoms with van der Waals surface area (Å²) < 4.78 is 10.4. The van der Waals surface area contributed by atoms with Crippen LogP contribution in [0.5, 0.6) is 5.75 Å². The van der Waals surface area contributed by atoms with Crippen LogP contribution in [0.3, 0.4) is 0 Å². The minimum atomic E-state index is -0.534. The number of nitrogen functional groups attached to an aromatic ring is 1. The van der Waals surface area contributed by atoms with E-state index in [0.717, 1.165) is 5.56 Å². The molecule has 0 aliphatic rings. The Morgan fingerprint density at radius 1 is 1.38 bits per heavy atom. The standard InChI is InChI=1S/C15H17N3O3/c1-2-20-15(19)18-14-6-5-12(8-13(14)16)21-10-11-4-3-7-17-9-11/h3-9H,2,10,16H2,1H3,(H,18,19). The van der Waals surface area contributed by atoms with Crippen LogP contribution in [0.15, 0.2) is 42.7 Å². The molecule has 21 heavy (non-hydrogen) atoms. The van der Waals surface area contributed by atoms with E-state index in [4.69, 9.17) is 15.2 Å². The number of nitrogens with one attached hydrogen (secondary N) is 1. The van der Waals surface area contributed by atoms with Crippen LogP contribution in [0.1, 0.15) is 12.5 Å². The van der Waals surface area contributed by atoms with Crippen LogP contribution >= 0.6 is 0 Å². The molecule has 1 aromatic carbocycles. The molecule has 0 unspecified atom stereocenters. The molecule has 0 saturated heterocycles. The number of hydrogen-bond acceptors (Lipinski definition) is 5. The first-order chi connectivity index (χ1) is 10.2. The third kappa shape index (κ3) is 4.38. The van der Waals surface area contributed by atoms with Gasteiger partial charge in [-0.2, -0.15) is 0 Å². The zero-order valence-electron chi connectivity index (χ0n) is 11.7. The number of hydrogen-bond donors (Lipinski definition) is 2.